The van der Waals surface area contributed by atoms with Crippen LogP contribution in [-0.4, -0.2) is 124 Å². The van der Waals surface area contributed by atoms with Crippen LogP contribution in [0, 0.1) is 5.92 Å². The summed E-state index contributed by atoms with van der Waals surface area (Å²) in [6.07, 6.45) is 2.92. The number of carboxylic acids is 3. The summed E-state index contributed by atoms with van der Waals surface area (Å²) >= 11 is 5.37. The molecule has 0 saturated carbocycles. The van der Waals surface area contributed by atoms with E-state index in [1.165, 1.54) is 0 Å². The molecule has 0 aliphatic carbocycles. The number of rotatable bonds is 15. The summed E-state index contributed by atoms with van der Waals surface area (Å²) in [5.41, 5.74) is 7.00. The molecule has 0 spiro atoms. The van der Waals surface area contributed by atoms with Gasteiger partial charge in [0, 0.05) is 56.9 Å². The van der Waals surface area contributed by atoms with E-state index < -0.39 is 17.9 Å². The van der Waals surface area contributed by atoms with Gasteiger partial charge < -0.3 is 31.7 Å². The fraction of sp³-hybridized carbons (Fsp3) is 0.593. The molecule has 1 aliphatic rings. The molecule has 2 unspecified atom stereocenters. The number of aliphatic carboxylic acids is 3. The Kier molecular flexibility index (Phi) is 14.4. The van der Waals surface area contributed by atoms with E-state index in [1.807, 2.05) is 31.2 Å². The second-order valence-corrected chi connectivity index (χ2v) is 10.8. The number of carbonyl (C=O) groups is 4. The summed E-state index contributed by atoms with van der Waals surface area (Å²) in [4.78, 5) is 50.8. The minimum Gasteiger partial charge on any atom is -0.480 e. The fourth-order valence-corrected chi connectivity index (χ4v) is 4.92. The van der Waals surface area contributed by atoms with Crippen LogP contribution in [0.2, 0.25) is 0 Å². The smallest absolute Gasteiger partial charge is 0.317 e. The second-order valence-electron chi connectivity index (χ2n) is 10.4. The van der Waals surface area contributed by atoms with E-state index in [-0.39, 0.29) is 37.5 Å². The first-order valence-electron chi connectivity index (χ1n) is 13.7. The number of nitrogens with two attached hydrogens (primary N) is 1. The molecular weight excluding hydrogens is 552 g/mol. The predicted molar refractivity (Wildman–Crippen MR) is 158 cm³/mol. The Morgan fingerprint density at radius 3 is 2.12 bits per heavy atom. The Hall–Kier alpha value is -3.33. The minimum atomic E-state index is -1.01. The van der Waals surface area contributed by atoms with E-state index in [4.69, 9.17) is 18.0 Å². The molecule has 1 aliphatic heterocycles. The summed E-state index contributed by atoms with van der Waals surface area (Å²) in [6, 6.07) is 7.28. The van der Waals surface area contributed by atoms with Crippen LogP contribution in [0.1, 0.15) is 31.7 Å². The third-order valence-electron chi connectivity index (χ3n) is 7.00. The van der Waals surface area contributed by atoms with Crippen LogP contribution in [-0.2, 0) is 25.6 Å². The van der Waals surface area contributed by atoms with Crippen LogP contribution in [0.25, 0.3) is 0 Å². The Morgan fingerprint density at radius 2 is 1.51 bits per heavy atom. The molecule has 0 bridgehead atoms. The maximum Gasteiger partial charge on any atom is 0.317 e. The number of carbonyl (C=O) groups excluding carboxylic acids is 1. The van der Waals surface area contributed by atoms with E-state index >= 15 is 0 Å². The van der Waals surface area contributed by atoms with Crippen LogP contribution in [0.3, 0.4) is 0 Å². The van der Waals surface area contributed by atoms with Crippen molar-refractivity contribution in [2.24, 2.45) is 11.7 Å². The summed E-state index contributed by atoms with van der Waals surface area (Å²) in [7, 11) is 0. The van der Waals surface area contributed by atoms with Gasteiger partial charge in [-0.05, 0) is 49.2 Å². The lowest BCUT2D eigenvalue weighted by molar-refractivity contribution is -0.140. The molecule has 1 aromatic carbocycles. The van der Waals surface area contributed by atoms with Gasteiger partial charge in [0.05, 0.1) is 19.6 Å². The zero-order valence-electron chi connectivity index (χ0n) is 23.5. The third kappa shape index (κ3) is 13.7. The third-order valence-corrected chi connectivity index (χ3v) is 7.24. The Labute approximate surface area is 245 Å². The van der Waals surface area contributed by atoms with Gasteiger partial charge in [0.2, 0.25) is 5.91 Å². The first-order valence-corrected chi connectivity index (χ1v) is 14.1. The van der Waals surface area contributed by atoms with Crippen molar-refractivity contribution in [2.45, 2.75) is 38.6 Å². The lowest BCUT2D eigenvalue weighted by Crippen LogP contribution is -2.49. The molecule has 2 rings (SSSR count). The van der Waals surface area contributed by atoms with Crippen LogP contribution in [0.15, 0.2) is 24.3 Å². The highest BCUT2D eigenvalue weighted by molar-refractivity contribution is 7.80. The normalized spacial score (nSPS) is 17.9. The summed E-state index contributed by atoms with van der Waals surface area (Å²) in [6.45, 7) is 3.55. The lowest BCUT2D eigenvalue weighted by atomic mass is 10.0. The van der Waals surface area contributed by atoms with Gasteiger partial charge in [-0.25, -0.2) is 0 Å². The van der Waals surface area contributed by atoms with Crippen molar-refractivity contribution in [2.75, 3.05) is 64.2 Å². The number of unbranched alkanes of at least 4 members (excludes halogenated alkanes) is 1. The monoisotopic (exact) mass is 594 g/mol. The predicted octanol–water partition coefficient (Wildman–Crippen LogP) is 0.349. The van der Waals surface area contributed by atoms with E-state index in [0.717, 1.165) is 30.5 Å². The van der Waals surface area contributed by atoms with E-state index in [2.05, 4.69) is 10.6 Å². The molecule has 1 aromatic rings. The quantitative estimate of drug-likeness (QED) is 0.121. The number of hydrogen-bond acceptors (Lipinski definition) is 8. The highest BCUT2D eigenvalue weighted by Crippen LogP contribution is 2.16. The molecule has 228 valence electrons. The van der Waals surface area contributed by atoms with Crippen molar-refractivity contribution in [1.29, 1.82) is 0 Å². The van der Waals surface area contributed by atoms with E-state index in [9.17, 15) is 34.5 Å². The SMILES string of the molecule is CC(CCCCNC(=S)Nc1ccc(CC2CN(CC(=O)O)CCN(CC(=O)O)CCN2CC(=O)O)cc1)C(N)=O. The van der Waals surface area contributed by atoms with Gasteiger partial charge in [-0.15, -0.1) is 0 Å². The molecule has 1 heterocycles. The first-order chi connectivity index (χ1) is 19.4. The molecule has 1 amide bonds. The van der Waals surface area contributed by atoms with Gasteiger partial charge in [-0.1, -0.05) is 25.5 Å². The molecule has 1 fully saturated rings. The van der Waals surface area contributed by atoms with Crippen LogP contribution in [0.5, 0.6) is 0 Å². The zero-order valence-corrected chi connectivity index (χ0v) is 24.3. The molecule has 14 heteroatoms. The number of primary amides is 1. The Bertz CT molecular complexity index is 1040. The lowest BCUT2D eigenvalue weighted by Gasteiger charge is -2.33. The number of nitrogens with one attached hydrogen (secondary N) is 2. The van der Waals surface area contributed by atoms with Crippen molar-refractivity contribution in [3.05, 3.63) is 29.8 Å². The van der Waals surface area contributed by atoms with Gasteiger partial charge in [0.25, 0.3) is 0 Å². The molecule has 2 atom stereocenters. The van der Waals surface area contributed by atoms with Crippen molar-refractivity contribution in [3.8, 4) is 0 Å². The number of anilines is 1. The second kappa shape index (κ2) is 17.5. The number of thiocarbonyl (C=S) groups is 1. The standard InChI is InChI=1S/C27H42N6O7S/c1-19(26(28)40)4-2-3-9-29-27(41)30-21-7-5-20(6-8-21)14-22-15-32(17-24(36)37)11-10-31(16-23(34)35)12-13-33(22)18-25(38)39/h5-8,19,22H,2-4,9-18H2,1H3,(H2,28,40)(H,34,35)(H,36,37)(H,38,39)(H2,29,30,41). The molecule has 0 aromatic heterocycles. The van der Waals surface area contributed by atoms with Crippen molar-refractivity contribution >= 4 is 46.8 Å². The van der Waals surface area contributed by atoms with E-state index in [1.54, 1.807) is 14.7 Å². The zero-order chi connectivity index (χ0) is 30.4. The van der Waals surface area contributed by atoms with Gasteiger partial charge in [0.1, 0.15) is 0 Å². The summed E-state index contributed by atoms with van der Waals surface area (Å²) < 4.78 is 0. The highest BCUT2D eigenvalue weighted by Gasteiger charge is 2.28. The highest BCUT2D eigenvalue weighted by atomic mass is 32.1. The first kappa shape index (κ1) is 33.9. The van der Waals surface area contributed by atoms with Crippen LogP contribution < -0.4 is 16.4 Å². The average Bonchev–Trinajstić information content (AvgIpc) is 2.94. The van der Waals surface area contributed by atoms with Gasteiger partial charge in [-0.2, -0.15) is 0 Å². The van der Waals surface area contributed by atoms with Crippen LogP contribution in [0.4, 0.5) is 5.69 Å². The van der Waals surface area contributed by atoms with Gasteiger partial charge in [-0.3, -0.25) is 33.9 Å². The number of benzene rings is 1. The summed E-state index contributed by atoms with van der Waals surface area (Å²) in [5.74, 6) is -3.44. The minimum absolute atomic E-state index is 0.145. The van der Waals surface area contributed by atoms with Crippen molar-refractivity contribution in [1.82, 2.24) is 20.0 Å². The van der Waals surface area contributed by atoms with Crippen LogP contribution >= 0.6 is 12.2 Å². The molecule has 1 saturated heterocycles. The van der Waals surface area contributed by atoms with Gasteiger partial charge >= 0.3 is 17.9 Å². The molecular formula is C27H42N6O7S. The molecule has 13 nitrogen and oxygen atoms in total. The maximum atomic E-state index is 11.7. The van der Waals surface area contributed by atoms with Crippen molar-refractivity contribution < 1.29 is 34.5 Å². The number of amides is 1. The number of hydrogen-bond donors (Lipinski definition) is 6. The molecule has 7 N–H and O–H groups in total. The average molecular weight is 595 g/mol. The maximum absolute atomic E-state index is 11.7. The molecule has 0 radical (unpaired) electrons. The van der Waals surface area contributed by atoms with E-state index in [0.29, 0.717) is 50.8 Å². The largest absolute Gasteiger partial charge is 0.480 e. The summed E-state index contributed by atoms with van der Waals surface area (Å²) in [5, 5.41) is 35.0. The molecule has 41 heavy (non-hydrogen) atoms. The topological polar surface area (TPSA) is 189 Å². The van der Waals surface area contributed by atoms with Crippen molar-refractivity contribution in [3.63, 3.8) is 0 Å². The fourth-order valence-electron chi connectivity index (χ4n) is 4.70. The number of carboxylic acid groups (broad SMARTS) is 3. The van der Waals surface area contributed by atoms with Gasteiger partial charge in [0.15, 0.2) is 5.11 Å². The Morgan fingerprint density at radius 1 is 0.927 bits per heavy atom. The Balaban J connectivity index is 2.02. The number of nitrogens with zero attached hydrogens (tertiary/aromatic N) is 3.